The molecule has 0 spiro atoms. The normalized spacial score (nSPS) is 12.1. The zero-order valence-corrected chi connectivity index (χ0v) is 19.4. The fraction of sp³-hybridized carbons (Fsp3) is 0.269. The summed E-state index contributed by atoms with van der Waals surface area (Å²) in [7, 11) is 4.00. The molecule has 34 heavy (non-hydrogen) atoms. The van der Waals surface area contributed by atoms with Gasteiger partial charge in [0.1, 0.15) is 23.5 Å². The van der Waals surface area contributed by atoms with Crippen LogP contribution in [-0.2, 0) is 0 Å². The van der Waals surface area contributed by atoms with Crippen LogP contribution in [0.5, 0.6) is 0 Å². The third-order valence-electron chi connectivity index (χ3n) is 5.51. The summed E-state index contributed by atoms with van der Waals surface area (Å²) in [6, 6.07) is 15.1. The molecule has 1 N–H and O–H groups in total. The SMILES string of the molecule is Cc1cc(-c2cccc(C(=O)NCC(CCN(C)C)c3coc(-c4ccc(F)cc4)n3)c2)no1. The number of amides is 1. The molecule has 1 atom stereocenters. The van der Waals surface area contributed by atoms with E-state index in [1.54, 1.807) is 30.5 Å². The second-order valence-electron chi connectivity index (χ2n) is 8.49. The molecule has 1 amide bonds. The van der Waals surface area contributed by atoms with Crippen LogP contribution < -0.4 is 5.32 Å². The van der Waals surface area contributed by atoms with Crippen molar-refractivity contribution >= 4 is 5.91 Å². The maximum atomic E-state index is 13.2. The minimum absolute atomic E-state index is 0.0503. The second-order valence-corrected chi connectivity index (χ2v) is 8.49. The van der Waals surface area contributed by atoms with Crippen LogP contribution in [0.1, 0.15) is 34.2 Å². The first-order valence-electron chi connectivity index (χ1n) is 11.1. The Balaban J connectivity index is 1.47. The van der Waals surface area contributed by atoms with Gasteiger partial charge >= 0.3 is 0 Å². The fourth-order valence-corrected chi connectivity index (χ4v) is 3.61. The number of oxazole rings is 1. The molecule has 7 nitrogen and oxygen atoms in total. The van der Waals surface area contributed by atoms with Gasteiger partial charge in [-0.05, 0) is 70.4 Å². The number of nitrogens with zero attached hydrogens (tertiary/aromatic N) is 3. The number of carbonyl (C=O) groups is 1. The number of nitrogens with one attached hydrogen (secondary N) is 1. The number of hydrogen-bond acceptors (Lipinski definition) is 6. The van der Waals surface area contributed by atoms with Crippen LogP contribution in [0.15, 0.2) is 69.8 Å². The van der Waals surface area contributed by atoms with E-state index in [0.717, 1.165) is 24.2 Å². The average Bonchev–Trinajstić information content (AvgIpc) is 3.49. The topological polar surface area (TPSA) is 84.4 Å². The molecule has 0 radical (unpaired) electrons. The van der Waals surface area contributed by atoms with Crippen LogP contribution in [0, 0.1) is 12.7 Å². The number of rotatable bonds is 9. The minimum atomic E-state index is -0.315. The molecule has 0 aliphatic carbocycles. The average molecular weight is 463 g/mol. The third kappa shape index (κ3) is 5.77. The number of aromatic nitrogens is 2. The van der Waals surface area contributed by atoms with Gasteiger partial charge < -0.3 is 19.2 Å². The van der Waals surface area contributed by atoms with Gasteiger partial charge in [-0.25, -0.2) is 9.37 Å². The molecular formula is C26H27FN4O3. The van der Waals surface area contributed by atoms with E-state index < -0.39 is 0 Å². The van der Waals surface area contributed by atoms with Crippen molar-refractivity contribution in [3.63, 3.8) is 0 Å². The second kappa shape index (κ2) is 10.4. The summed E-state index contributed by atoms with van der Waals surface area (Å²) in [5.74, 6) is 0.586. The first-order valence-corrected chi connectivity index (χ1v) is 11.1. The van der Waals surface area contributed by atoms with Crippen LogP contribution in [0.3, 0.4) is 0 Å². The van der Waals surface area contributed by atoms with Crippen molar-refractivity contribution in [2.75, 3.05) is 27.2 Å². The van der Waals surface area contributed by atoms with Gasteiger partial charge in [-0.15, -0.1) is 0 Å². The molecule has 0 bridgehead atoms. The van der Waals surface area contributed by atoms with Gasteiger partial charge in [-0.1, -0.05) is 17.3 Å². The highest BCUT2D eigenvalue weighted by atomic mass is 19.1. The Morgan fingerprint density at radius 1 is 1.12 bits per heavy atom. The van der Waals surface area contributed by atoms with Crippen LogP contribution in [0.2, 0.25) is 0 Å². The molecule has 8 heteroatoms. The zero-order chi connectivity index (χ0) is 24.1. The van der Waals surface area contributed by atoms with E-state index in [1.807, 2.05) is 39.2 Å². The highest BCUT2D eigenvalue weighted by Gasteiger charge is 2.19. The van der Waals surface area contributed by atoms with Crippen molar-refractivity contribution < 1.29 is 18.1 Å². The fourth-order valence-electron chi connectivity index (χ4n) is 3.61. The summed E-state index contributed by atoms with van der Waals surface area (Å²) in [4.78, 5) is 19.6. The summed E-state index contributed by atoms with van der Waals surface area (Å²) in [5, 5.41) is 7.05. The van der Waals surface area contributed by atoms with Crippen molar-refractivity contribution in [2.45, 2.75) is 19.3 Å². The predicted octanol–water partition coefficient (Wildman–Crippen LogP) is 4.91. The van der Waals surface area contributed by atoms with Crippen molar-refractivity contribution in [1.29, 1.82) is 0 Å². The lowest BCUT2D eigenvalue weighted by Crippen LogP contribution is -2.30. The van der Waals surface area contributed by atoms with Gasteiger partial charge in [0.15, 0.2) is 0 Å². The lowest BCUT2D eigenvalue weighted by atomic mass is 10.0. The number of carbonyl (C=O) groups excluding carboxylic acids is 1. The maximum Gasteiger partial charge on any atom is 0.251 e. The van der Waals surface area contributed by atoms with Crippen molar-refractivity contribution in [2.24, 2.45) is 0 Å². The lowest BCUT2D eigenvalue weighted by molar-refractivity contribution is 0.0950. The molecule has 4 rings (SSSR count). The van der Waals surface area contributed by atoms with Gasteiger partial charge in [0.25, 0.3) is 5.91 Å². The Kier molecular flexibility index (Phi) is 7.18. The molecule has 0 saturated heterocycles. The van der Waals surface area contributed by atoms with E-state index in [0.29, 0.717) is 35.0 Å². The molecule has 0 aliphatic rings. The molecule has 2 aromatic carbocycles. The number of aryl methyl sites for hydroxylation is 1. The molecule has 2 heterocycles. The molecule has 0 fully saturated rings. The van der Waals surface area contributed by atoms with Gasteiger partial charge in [0.2, 0.25) is 5.89 Å². The molecule has 176 valence electrons. The van der Waals surface area contributed by atoms with Gasteiger partial charge in [-0.2, -0.15) is 0 Å². The lowest BCUT2D eigenvalue weighted by Gasteiger charge is -2.18. The molecule has 1 unspecified atom stereocenters. The summed E-state index contributed by atoms with van der Waals surface area (Å²) in [6.07, 6.45) is 2.39. The summed E-state index contributed by atoms with van der Waals surface area (Å²) in [6.45, 7) is 3.04. The van der Waals surface area contributed by atoms with Gasteiger partial charge in [0, 0.05) is 35.2 Å². The van der Waals surface area contributed by atoms with Crippen molar-refractivity contribution in [1.82, 2.24) is 20.4 Å². The quantitative estimate of drug-likeness (QED) is 0.381. The van der Waals surface area contributed by atoms with Crippen LogP contribution in [-0.4, -0.2) is 48.1 Å². The Bertz CT molecular complexity index is 1250. The minimum Gasteiger partial charge on any atom is -0.444 e. The number of benzene rings is 2. The van der Waals surface area contributed by atoms with Crippen LogP contribution in [0.25, 0.3) is 22.7 Å². The zero-order valence-electron chi connectivity index (χ0n) is 19.4. The molecule has 0 aliphatic heterocycles. The van der Waals surface area contributed by atoms with E-state index in [-0.39, 0.29) is 17.6 Å². The largest absolute Gasteiger partial charge is 0.444 e. The number of hydrogen-bond donors (Lipinski definition) is 1. The third-order valence-corrected chi connectivity index (χ3v) is 5.51. The standard InChI is InChI=1S/C26H27FN4O3/c1-17-13-23(30-34-17)19-5-4-6-20(14-19)25(32)28-15-21(11-12-31(2)3)24-16-33-26(29-24)18-7-9-22(27)10-8-18/h4-10,13-14,16,21H,11-12,15H2,1-3H3,(H,28,32). The van der Waals surface area contributed by atoms with E-state index in [2.05, 4.69) is 20.4 Å². The summed E-state index contributed by atoms with van der Waals surface area (Å²) >= 11 is 0. The van der Waals surface area contributed by atoms with Crippen LogP contribution >= 0.6 is 0 Å². The first-order chi connectivity index (χ1) is 16.4. The predicted molar refractivity (Wildman–Crippen MR) is 127 cm³/mol. The van der Waals surface area contributed by atoms with Crippen LogP contribution in [0.4, 0.5) is 4.39 Å². The monoisotopic (exact) mass is 462 g/mol. The van der Waals surface area contributed by atoms with Gasteiger partial charge in [-0.3, -0.25) is 4.79 Å². The highest BCUT2D eigenvalue weighted by Crippen LogP contribution is 2.25. The highest BCUT2D eigenvalue weighted by molar-refractivity contribution is 5.95. The Hall–Kier alpha value is -3.78. The molecule has 4 aromatic rings. The Labute approximate surface area is 197 Å². The molecular weight excluding hydrogens is 435 g/mol. The Morgan fingerprint density at radius 3 is 2.62 bits per heavy atom. The van der Waals surface area contributed by atoms with E-state index in [1.165, 1.54) is 12.1 Å². The van der Waals surface area contributed by atoms with E-state index in [4.69, 9.17) is 8.94 Å². The maximum absolute atomic E-state index is 13.2. The Morgan fingerprint density at radius 2 is 1.91 bits per heavy atom. The smallest absolute Gasteiger partial charge is 0.251 e. The molecule has 2 aromatic heterocycles. The van der Waals surface area contributed by atoms with Gasteiger partial charge in [0.05, 0.1) is 5.69 Å². The summed E-state index contributed by atoms with van der Waals surface area (Å²) in [5.41, 5.74) is 3.48. The van der Waals surface area contributed by atoms with E-state index >= 15 is 0 Å². The number of halogens is 1. The van der Waals surface area contributed by atoms with Crippen molar-refractivity contribution in [3.05, 3.63) is 83.7 Å². The van der Waals surface area contributed by atoms with Crippen molar-refractivity contribution in [3.8, 4) is 22.7 Å². The van der Waals surface area contributed by atoms with E-state index in [9.17, 15) is 9.18 Å². The first kappa shape index (κ1) is 23.4. The summed E-state index contributed by atoms with van der Waals surface area (Å²) < 4.78 is 24.1. The molecule has 0 saturated carbocycles.